The van der Waals surface area contributed by atoms with E-state index in [1.165, 1.54) is 49.7 Å². The maximum atomic E-state index is 5.33. The quantitative estimate of drug-likeness (QED) is 0.173. The van der Waals surface area contributed by atoms with E-state index in [1.807, 2.05) is 24.5 Å². The largest absolute Gasteiger partial charge is 0.309 e. The van der Waals surface area contributed by atoms with Gasteiger partial charge in [0.25, 0.3) is 0 Å². The second-order valence-electron chi connectivity index (χ2n) is 18.1. The molecule has 0 atom stereocenters. The molecule has 8 aromatic carbocycles. The Bertz CT molecular complexity index is 4140. The molecular formula is C63H38N6. The van der Waals surface area contributed by atoms with Crippen LogP contribution in [0.1, 0.15) is 22.3 Å². The molecule has 2 aliphatic rings. The fourth-order valence-electron chi connectivity index (χ4n) is 12.0. The van der Waals surface area contributed by atoms with Gasteiger partial charge in [-0.05, 0) is 99.1 Å². The van der Waals surface area contributed by atoms with Crippen LogP contribution in [-0.2, 0) is 5.41 Å². The number of fused-ring (bicyclic) bond motifs is 16. The number of para-hydroxylation sites is 2. The molecule has 0 unspecified atom stereocenters. The maximum Gasteiger partial charge on any atom is 0.235 e. The fraction of sp³-hybridized carbons (Fsp3) is 0.0159. The van der Waals surface area contributed by atoms with Crippen LogP contribution < -0.4 is 0 Å². The molecule has 1 spiro atoms. The molecule has 0 saturated carbocycles. The average Bonchev–Trinajstić information content (AvgIpc) is 4.13. The van der Waals surface area contributed by atoms with Crippen molar-refractivity contribution in [2.24, 2.45) is 0 Å². The highest BCUT2D eigenvalue weighted by molar-refractivity contribution is 6.22. The molecule has 5 aromatic heterocycles. The van der Waals surface area contributed by atoms with E-state index >= 15 is 0 Å². The minimum atomic E-state index is -0.560. The van der Waals surface area contributed by atoms with Crippen LogP contribution in [0.3, 0.4) is 0 Å². The molecule has 6 nitrogen and oxygen atoms in total. The van der Waals surface area contributed by atoms with E-state index < -0.39 is 5.41 Å². The molecule has 5 heterocycles. The Morgan fingerprint density at radius 3 is 1.43 bits per heavy atom. The Morgan fingerprint density at radius 2 is 0.812 bits per heavy atom. The van der Waals surface area contributed by atoms with Gasteiger partial charge >= 0.3 is 0 Å². The van der Waals surface area contributed by atoms with E-state index in [-0.39, 0.29) is 0 Å². The highest BCUT2D eigenvalue weighted by atomic mass is 15.2. The average molecular weight is 879 g/mol. The lowest BCUT2D eigenvalue weighted by atomic mass is 9.71. The molecule has 0 N–H and O–H groups in total. The lowest BCUT2D eigenvalue weighted by Crippen LogP contribution is -2.26. The summed E-state index contributed by atoms with van der Waals surface area (Å²) in [5, 5.41) is 4.70. The minimum absolute atomic E-state index is 0.560. The predicted octanol–water partition coefficient (Wildman–Crippen LogP) is 14.8. The Balaban J connectivity index is 0.971. The first kappa shape index (κ1) is 37.9. The second-order valence-corrected chi connectivity index (χ2v) is 18.1. The summed E-state index contributed by atoms with van der Waals surface area (Å²) in [4.78, 5) is 20.6. The van der Waals surface area contributed by atoms with Crippen LogP contribution in [0, 0.1) is 0 Å². The third-order valence-electron chi connectivity index (χ3n) is 14.7. The van der Waals surface area contributed by atoms with Crippen LogP contribution in [0.4, 0.5) is 0 Å². The Kier molecular flexibility index (Phi) is 7.89. The lowest BCUT2D eigenvalue weighted by molar-refractivity contribution is 0.788. The van der Waals surface area contributed by atoms with E-state index in [4.69, 9.17) is 19.9 Å². The predicted molar refractivity (Wildman–Crippen MR) is 279 cm³/mol. The first-order valence-electron chi connectivity index (χ1n) is 23.5. The van der Waals surface area contributed by atoms with Gasteiger partial charge in [-0.15, -0.1) is 0 Å². The SMILES string of the molecule is c1ccc(-c2cc(-c3ccccc3)nc(-n3c4ccccc4c4c(-c5cccc6c5c5ccccc5n6-c5ccc6c(c5)C5(c7ccccc7-6)c6cccnc6-c6ncccc65)cccc43)n2)cc1. The summed E-state index contributed by atoms with van der Waals surface area (Å²) in [6.45, 7) is 0. The third kappa shape index (κ3) is 5.20. The van der Waals surface area contributed by atoms with Crippen LogP contribution in [-0.4, -0.2) is 29.1 Å². The minimum Gasteiger partial charge on any atom is -0.309 e. The molecule has 0 radical (unpaired) electrons. The van der Waals surface area contributed by atoms with Crippen molar-refractivity contribution in [2.45, 2.75) is 5.41 Å². The van der Waals surface area contributed by atoms with Crippen molar-refractivity contribution in [3.63, 3.8) is 0 Å². The van der Waals surface area contributed by atoms with Gasteiger partial charge in [0, 0.05) is 50.8 Å². The summed E-state index contributed by atoms with van der Waals surface area (Å²) in [6.07, 6.45) is 3.78. The Labute approximate surface area is 397 Å². The van der Waals surface area contributed by atoms with E-state index in [9.17, 15) is 0 Å². The first-order valence-corrected chi connectivity index (χ1v) is 23.5. The molecule has 69 heavy (non-hydrogen) atoms. The molecule has 0 aliphatic heterocycles. The van der Waals surface area contributed by atoms with E-state index in [0.717, 1.165) is 78.0 Å². The number of aromatic nitrogens is 6. The molecule has 0 saturated heterocycles. The lowest BCUT2D eigenvalue weighted by Gasteiger charge is -2.30. The number of rotatable bonds is 5. The molecule has 13 aromatic rings. The Hall–Kier alpha value is -9.26. The molecule has 6 heteroatoms. The smallest absolute Gasteiger partial charge is 0.235 e. The molecular weight excluding hydrogens is 841 g/mol. The second kappa shape index (κ2) is 14.4. The van der Waals surface area contributed by atoms with Crippen molar-refractivity contribution in [1.29, 1.82) is 0 Å². The Morgan fingerprint density at radius 1 is 0.333 bits per heavy atom. The van der Waals surface area contributed by atoms with Crippen LogP contribution in [0.5, 0.6) is 0 Å². The van der Waals surface area contributed by atoms with E-state index in [2.05, 4.69) is 215 Å². The summed E-state index contributed by atoms with van der Waals surface area (Å²) < 4.78 is 4.71. The van der Waals surface area contributed by atoms with Crippen molar-refractivity contribution >= 4 is 43.6 Å². The molecule has 320 valence electrons. The number of hydrogen-bond acceptors (Lipinski definition) is 4. The molecule has 0 bridgehead atoms. The summed E-state index contributed by atoms with van der Waals surface area (Å²) in [5.41, 5.74) is 20.3. The zero-order valence-electron chi connectivity index (χ0n) is 37.1. The monoisotopic (exact) mass is 878 g/mol. The van der Waals surface area contributed by atoms with Gasteiger partial charge < -0.3 is 4.57 Å². The van der Waals surface area contributed by atoms with Crippen LogP contribution >= 0.6 is 0 Å². The van der Waals surface area contributed by atoms with Crippen LogP contribution in [0.25, 0.3) is 111 Å². The summed E-state index contributed by atoms with van der Waals surface area (Å²) in [7, 11) is 0. The molecule has 0 fully saturated rings. The van der Waals surface area contributed by atoms with Gasteiger partial charge in [0.05, 0.1) is 50.3 Å². The molecule has 2 aliphatic carbocycles. The van der Waals surface area contributed by atoms with Crippen LogP contribution in [0.2, 0.25) is 0 Å². The highest BCUT2D eigenvalue weighted by Crippen LogP contribution is 2.62. The van der Waals surface area contributed by atoms with Gasteiger partial charge in [-0.2, -0.15) is 0 Å². The van der Waals surface area contributed by atoms with Gasteiger partial charge in [0.2, 0.25) is 5.95 Å². The van der Waals surface area contributed by atoms with Gasteiger partial charge in [-0.3, -0.25) is 14.5 Å². The number of pyridine rings is 2. The molecule has 0 amide bonds. The topological polar surface area (TPSA) is 61.4 Å². The zero-order chi connectivity index (χ0) is 45.2. The number of hydrogen-bond donors (Lipinski definition) is 0. The number of nitrogens with zero attached hydrogens (tertiary/aromatic N) is 6. The maximum absolute atomic E-state index is 5.33. The highest BCUT2D eigenvalue weighted by Gasteiger charge is 2.53. The normalized spacial score (nSPS) is 13.0. The van der Waals surface area contributed by atoms with E-state index in [0.29, 0.717) is 5.95 Å². The van der Waals surface area contributed by atoms with Gasteiger partial charge in [-0.1, -0.05) is 164 Å². The van der Waals surface area contributed by atoms with Gasteiger partial charge in [-0.25, -0.2) is 9.97 Å². The van der Waals surface area contributed by atoms with Crippen molar-refractivity contribution in [1.82, 2.24) is 29.1 Å². The standard InChI is InChI=1S/C63H38N6/c1-3-17-39(18-4-1)52-38-53(40-19-5-2-6-20-40)67-62(66-52)69-55-30-12-9-23-47(55)59-45(25-14-32-57(59)69)44-24-13-31-56-58(44)46-22-8-11-29-54(46)68(56)41-33-34-43-42-21-7-10-26-48(42)63(51(43)37-41)49-27-15-35-64-60(49)61-50(63)28-16-36-65-61/h1-38H. The zero-order valence-corrected chi connectivity index (χ0v) is 37.1. The summed E-state index contributed by atoms with van der Waals surface area (Å²) in [6, 6.07) is 78.5. The van der Waals surface area contributed by atoms with Gasteiger partial charge in [0.1, 0.15) is 0 Å². The van der Waals surface area contributed by atoms with E-state index in [1.54, 1.807) is 0 Å². The third-order valence-corrected chi connectivity index (χ3v) is 14.7. The van der Waals surface area contributed by atoms with Crippen LogP contribution in [0.15, 0.2) is 231 Å². The summed E-state index contributed by atoms with van der Waals surface area (Å²) in [5.74, 6) is 0.629. The van der Waals surface area contributed by atoms with Gasteiger partial charge in [0.15, 0.2) is 0 Å². The first-order chi connectivity index (χ1) is 34.3. The van der Waals surface area contributed by atoms with Crippen molar-refractivity contribution < 1.29 is 0 Å². The van der Waals surface area contributed by atoms with Crippen molar-refractivity contribution in [3.8, 4) is 67.8 Å². The number of benzene rings is 8. The molecule has 15 rings (SSSR count). The fourth-order valence-corrected chi connectivity index (χ4v) is 12.0. The van der Waals surface area contributed by atoms with Crippen molar-refractivity contribution in [3.05, 3.63) is 253 Å². The summed E-state index contributed by atoms with van der Waals surface area (Å²) >= 11 is 0. The van der Waals surface area contributed by atoms with Crippen molar-refractivity contribution in [2.75, 3.05) is 0 Å².